The molecule has 22 heavy (non-hydrogen) atoms. The van der Waals surface area contributed by atoms with Crippen LogP contribution in [0.2, 0.25) is 0 Å². The average molecular weight is 419 g/mol. The van der Waals surface area contributed by atoms with E-state index in [1.807, 2.05) is 19.1 Å². The SMILES string of the molecule is CN=C(NCCC(=O)Nc1cccc(C)n1)NC(C)(C)C.I. The van der Waals surface area contributed by atoms with E-state index in [9.17, 15) is 4.79 Å². The van der Waals surface area contributed by atoms with E-state index in [4.69, 9.17) is 0 Å². The fourth-order valence-corrected chi connectivity index (χ4v) is 1.65. The molecule has 0 aromatic carbocycles. The molecule has 0 saturated carbocycles. The number of amides is 1. The third-order valence-electron chi connectivity index (χ3n) is 2.52. The maximum atomic E-state index is 11.8. The molecule has 0 fully saturated rings. The third kappa shape index (κ3) is 8.81. The minimum Gasteiger partial charge on any atom is -0.356 e. The highest BCUT2D eigenvalue weighted by atomic mass is 127. The second-order valence-corrected chi connectivity index (χ2v) is 5.84. The van der Waals surface area contributed by atoms with Gasteiger partial charge in [0.05, 0.1) is 0 Å². The molecule has 0 aliphatic rings. The number of hydrogen-bond donors (Lipinski definition) is 3. The van der Waals surface area contributed by atoms with E-state index in [-0.39, 0.29) is 35.4 Å². The largest absolute Gasteiger partial charge is 0.356 e. The Labute approximate surface area is 149 Å². The number of halogens is 1. The molecular weight excluding hydrogens is 393 g/mol. The first-order valence-corrected chi connectivity index (χ1v) is 7.02. The highest BCUT2D eigenvalue weighted by Gasteiger charge is 2.11. The highest BCUT2D eigenvalue weighted by Crippen LogP contribution is 2.04. The minimum atomic E-state index is -0.0770. The topological polar surface area (TPSA) is 78.4 Å². The molecule has 0 radical (unpaired) electrons. The van der Waals surface area contributed by atoms with Gasteiger partial charge in [-0.1, -0.05) is 6.07 Å². The van der Waals surface area contributed by atoms with Crippen molar-refractivity contribution in [1.82, 2.24) is 15.6 Å². The summed E-state index contributed by atoms with van der Waals surface area (Å²) >= 11 is 0. The van der Waals surface area contributed by atoms with Crippen LogP contribution in [0.15, 0.2) is 23.2 Å². The Morgan fingerprint density at radius 2 is 2.00 bits per heavy atom. The predicted octanol–water partition coefficient (Wildman–Crippen LogP) is 2.30. The van der Waals surface area contributed by atoms with E-state index < -0.39 is 0 Å². The Bertz CT molecular complexity index is 511. The first-order valence-electron chi connectivity index (χ1n) is 7.02. The van der Waals surface area contributed by atoms with E-state index in [2.05, 4.69) is 46.7 Å². The van der Waals surface area contributed by atoms with E-state index in [1.54, 1.807) is 13.1 Å². The first-order chi connectivity index (χ1) is 9.80. The second-order valence-electron chi connectivity index (χ2n) is 5.84. The molecule has 124 valence electrons. The summed E-state index contributed by atoms with van der Waals surface area (Å²) in [7, 11) is 1.71. The van der Waals surface area contributed by atoms with Crippen molar-refractivity contribution in [2.45, 2.75) is 39.7 Å². The van der Waals surface area contributed by atoms with Gasteiger partial charge in [0, 0.05) is 31.2 Å². The van der Waals surface area contributed by atoms with Crippen LogP contribution in [0.4, 0.5) is 5.82 Å². The normalized spacial score (nSPS) is 11.4. The Kier molecular flexibility index (Phi) is 9.00. The lowest BCUT2D eigenvalue weighted by Gasteiger charge is -2.23. The fraction of sp³-hybridized carbons (Fsp3) is 0.533. The van der Waals surface area contributed by atoms with E-state index in [0.717, 1.165) is 5.69 Å². The second kappa shape index (κ2) is 9.60. The van der Waals surface area contributed by atoms with Gasteiger partial charge < -0.3 is 16.0 Å². The van der Waals surface area contributed by atoms with E-state index >= 15 is 0 Å². The molecule has 1 amide bonds. The van der Waals surface area contributed by atoms with Crippen molar-refractivity contribution in [3.63, 3.8) is 0 Å². The predicted molar refractivity (Wildman–Crippen MR) is 102 cm³/mol. The quantitative estimate of drug-likeness (QED) is 0.398. The third-order valence-corrected chi connectivity index (χ3v) is 2.52. The monoisotopic (exact) mass is 419 g/mol. The number of nitrogens with one attached hydrogen (secondary N) is 3. The summed E-state index contributed by atoms with van der Waals surface area (Å²) in [5.74, 6) is 1.19. The minimum absolute atomic E-state index is 0. The van der Waals surface area contributed by atoms with Crippen molar-refractivity contribution in [3.8, 4) is 0 Å². The Balaban J connectivity index is 0.00000441. The molecule has 0 unspecified atom stereocenters. The molecule has 0 atom stereocenters. The average Bonchev–Trinajstić information content (AvgIpc) is 2.36. The molecule has 1 rings (SSSR count). The summed E-state index contributed by atoms with van der Waals surface area (Å²) in [5, 5.41) is 9.12. The molecule has 6 nitrogen and oxygen atoms in total. The zero-order valence-electron chi connectivity index (χ0n) is 13.9. The summed E-state index contributed by atoms with van der Waals surface area (Å²) in [5.41, 5.74) is 0.802. The lowest BCUT2D eigenvalue weighted by molar-refractivity contribution is -0.116. The van der Waals surface area contributed by atoms with Crippen LogP contribution in [0, 0.1) is 6.92 Å². The maximum absolute atomic E-state index is 11.8. The van der Waals surface area contributed by atoms with E-state index in [0.29, 0.717) is 24.7 Å². The van der Waals surface area contributed by atoms with Crippen LogP contribution in [0.1, 0.15) is 32.9 Å². The summed E-state index contributed by atoms with van der Waals surface area (Å²) in [6, 6.07) is 5.53. The molecule has 0 aliphatic carbocycles. The molecular formula is C15H26IN5O. The van der Waals surface area contributed by atoms with Crippen LogP contribution in [-0.4, -0.2) is 36.0 Å². The van der Waals surface area contributed by atoms with Crippen LogP contribution in [-0.2, 0) is 4.79 Å². The number of aryl methyl sites for hydroxylation is 1. The lowest BCUT2D eigenvalue weighted by atomic mass is 10.1. The van der Waals surface area contributed by atoms with Gasteiger partial charge >= 0.3 is 0 Å². The van der Waals surface area contributed by atoms with Crippen LogP contribution in [0.5, 0.6) is 0 Å². The standard InChI is InChI=1S/C15H25N5O.HI/c1-11-7-6-8-12(18-11)19-13(21)9-10-17-14(16-5)20-15(2,3)4;/h6-8H,9-10H2,1-5H3,(H2,16,17,20)(H,18,19,21);1H. The molecule has 1 aromatic rings. The first kappa shape index (κ1) is 20.6. The number of aliphatic imine (C=N–C) groups is 1. The van der Waals surface area contributed by atoms with Gasteiger partial charge in [0.25, 0.3) is 0 Å². The van der Waals surface area contributed by atoms with Crippen molar-refractivity contribution in [2.75, 3.05) is 18.9 Å². The Hall–Kier alpha value is -1.38. The maximum Gasteiger partial charge on any atom is 0.227 e. The summed E-state index contributed by atoms with van der Waals surface area (Å²) in [6.07, 6.45) is 0.348. The van der Waals surface area contributed by atoms with Gasteiger partial charge in [-0.25, -0.2) is 4.98 Å². The van der Waals surface area contributed by atoms with Gasteiger partial charge in [-0.3, -0.25) is 9.79 Å². The van der Waals surface area contributed by atoms with Crippen LogP contribution >= 0.6 is 24.0 Å². The van der Waals surface area contributed by atoms with Crippen molar-refractivity contribution < 1.29 is 4.79 Å². The van der Waals surface area contributed by atoms with Gasteiger partial charge in [0.1, 0.15) is 5.82 Å². The number of pyridine rings is 1. The molecule has 1 aromatic heterocycles. The van der Waals surface area contributed by atoms with Crippen molar-refractivity contribution in [3.05, 3.63) is 23.9 Å². The molecule has 0 saturated heterocycles. The Morgan fingerprint density at radius 1 is 1.32 bits per heavy atom. The number of carbonyl (C=O) groups excluding carboxylic acids is 1. The van der Waals surface area contributed by atoms with Crippen LogP contribution < -0.4 is 16.0 Å². The summed E-state index contributed by atoms with van der Waals surface area (Å²) in [4.78, 5) is 20.2. The molecule has 3 N–H and O–H groups in total. The number of hydrogen-bond acceptors (Lipinski definition) is 3. The Morgan fingerprint density at radius 3 is 2.55 bits per heavy atom. The smallest absolute Gasteiger partial charge is 0.227 e. The number of guanidine groups is 1. The van der Waals surface area contributed by atoms with E-state index in [1.165, 1.54) is 0 Å². The van der Waals surface area contributed by atoms with Crippen molar-refractivity contribution >= 4 is 41.7 Å². The molecule has 7 heteroatoms. The zero-order valence-corrected chi connectivity index (χ0v) is 16.2. The molecule has 1 heterocycles. The van der Waals surface area contributed by atoms with Crippen molar-refractivity contribution in [2.24, 2.45) is 4.99 Å². The zero-order chi connectivity index (χ0) is 15.9. The number of anilines is 1. The lowest BCUT2D eigenvalue weighted by Crippen LogP contribution is -2.48. The number of nitrogens with zero attached hydrogens (tertiary/aromatic N) is 2. The summed E-state index contributed by atoms with van der Waals surface area (Å²) in [6.45, 7) is 8.55. The van der Waals surface area contributed by atoms with Gasteiger partial charge in [-0.15, -0.1) is 24.0 Å². The molecule has 0 aliphatic heterocycles. The van der Waals surface area contributed by atoms with Crippen molar-refractivity contribution in [1.29, 1.82) is 0 Å². The number of aromatic nitrogens is 1. The fourth-order valence-electron chi connectivity index (χ4n) is 1.65. The van der Waals surface area contributed by atoms with Gasteiger partial charge in [-0.2, -0.15) is 0 Å². The van der Waals surface area contributed by atoms with Gasteiger partial charge in [0.15, 0.2) is 5.96 Å². The molecule has 0 spiro atoms. The van der Waals surface area contributed by atoms with Gasteiger partial charge in [0.2, 0.25) is 5.91 Å². The molecule has 0 bridgehead atoms. The van der Waals surface area contributed by atoms with Gasteiger partial charge in [-0.05, 0) is 39.8 Å². The number of rotatable bonds is 4. The number of carbonyl (C=O) groups is 1. The van der Waals surface area contributed by atoms with Crippen LogP contribution in [0.3, 0.4) is 0 Å². The highest BCUT2D eigenvalue weighted by molar-refractivity contribution is 14.0. The van der Waals surface area contributed by atoms with Crippen LogP contribution in [0.25, 0.3) is 0 Å². The summed E-state index contributed by atoms with van der Waals surface area (Å²) < 4.78 is 0.